The van der Waals surface area contributed by atoms with Gasteiger partial charge in [0.1, 0.15) is 5.75 Å². The number of ether oxygens (including phenoxy) is 1. The lowest BCUT2D eigenvalue weighted by atomic mass is 9.87. The van der Waals surface area contributed by atoms with Crippen LogP contribution in [0, 0.1) is 5.92 Å². The molecule has 1 aliphatic heterocycles. The molecule has 0 saturated heterocycles. The summed E-state index contributed by atoms with van der Waals surface area (Å²) in [6, 6.07) is 6.71. The van der Waals surface area contributed by atoms with Crippen LogP contribution in [0.15, 0.2) is 18.2 Å². The molecule has 0 amide bonds. The van der Waals surface area contributed by atoms with Crippen molar-refractivity contribution in [2.75, 3.05) is 6.61 Å². The third-order valence-corrected chi connectivity index (χ3v) is 5.61. The third kappa shape index (κ3) is 2.01. The average Bonchev–Trinajstić information content (AvgIpc) is 2.69. The van der Waals surface area contributed by atoms with Crippen molar-refractivity contribution in [3.63, 3.8) is 0 Å². The summed E-state index contributed by atoms with van der Waals surface area (Å²) in [7, 11) is 0. The van der Waals surface area contributed by atoms with Crippen LogP contribution in [0.3, 0.4) is 0 Å². The number of hydrogen-bond donors (Lipinski definition) is 0. The van der Waals surface area contributed by atoms with Gasteiger partial charge >= 0.3 is 0 Å². The molecule has 3 atom stereocenters. The van der Waals surface area contributed by atoms with Crippen molar-refractivity contribution in [1.29, 1.82) is 0 Å². The van der Waals surface area contributed by atoms with E-state index in [4.69, 9.17) is 4.74 Å². The molecule has 0 radical (unpaired) electrons. The Hall–Kier alpha value is -0.500. The Bertz CT molecular complexity index is 415. The van der Waals surface area contributed by atoms with E-state index in [-0.39, 0.29) is 0 Å². The van der Waals surface area contributed by atoms with Crippen molar-refractivity contribution in [1.82, 2.24) is 0 Å². The minimum absolute atomic E-state index is 0.673. The second-order valence-electron chi connectivity index (χ2n) is 5.35. The Morgan fingerprint density at radius 2 is 2.18 bits per heavy atom. The lowest BCUT2D eigenvalue weighted by Crippen LogP contribution is -2.15. The van der Waals surface area contributed by atoms with Crippen molar-refractivity contribution in [2.45, 2.75) is 43.4 Å². The monoisotopic (exact) mass is 294 g/mol. The van der Waals surface area contributed by atoms with Gasteiger partial charge in [-0.3, -0.25) is 0 Å². The van der Waals surface area contributed by atoms with Crippen molar-refractivity contribution >= 4 is 15.9 Å². The average molecular weight is 295 g/mol. The first-order valence-corrected chi connectivity index (χ1v) is 7.57. The molecule has 0 spiro atoms. The highest BCUT2D eigenvalue weighted by molar-refractivity contribution is 9.09. The van der Waals surface area contributed by atoms with Gasteiger partial charge in [0.2, 0.25) is 0 Å². The Kier molecular flexibility index (Phi) is 3.16. The molecule has 1 nitrogen and oxygen atoms in total. The minimum atomic E-state index is 0.673. The van der Waals surface area contributed by atoms with E-state index >= 15 is 0 Å². The zero-order valence-corrected chi connectivity index (χ0v) is 11.9. The fraction of sp³-hybridized carbons (Fsp3) is 0.600. The predicted molar refractivity (Wildman–Crippen MR) is 74.1 cm³/mol. The normalized spacial score (nSPS) is 32.0. The van der Waals surface area contributed by atoms with Gasteiger partial charge in [0.05, 0.1) is 6.61 Å². The van der Waals surface area contributed by atoms with Crippen LogP contribution in [0.2, 0.25) is 0 Å². The molecule has 0 bridgehead atoms. The van der Waals surface area contributed by atoms with E-state index in [0.29, 0.717) is 16.7 Å². The fourth-order valence-corrected chi connectivity index (χ4v) is 3.89. The standard InChI is InChI=1S/C15H19BrO/c1-10-12(7-8-14(10)16)13-6-2-4-11-5-3-9-17-15(11)13/h2,4,6,10,12,14H,3,5,7-9H2,1H3. The maximum Gasteiger partial charge on any atom is 0.125 e. The molecule has 2 heteroatoms. The van der Waals surface area contributed by atoms with Crippen LogP contribution in [0.4, 0.5) is 0 Å². The smallest absolute Gasteiger partial charge is 0.125 e. The van der Waals surface area contributed by atoms with Crippen LogP contribution in [-0.4, -0.2) is 11.4 Å². The first-order chi connectivity index (χ1) is 8.27. The maximum atomic E-state index is 5.94. The van der Waals surface area contributed by atoms with Crippen molar-refractivity contribution < 1.29 is 4.74 Å². The molecule has 1 saturated carbocycles. The van der Waals surface area contributed by atoms with Crippen LogP contribution in [0.25, 0.3) is 0 Å². The third-order valence-electron chi connectivity index (χ3n) is 4.32. The van der Waals surface area contributed by atoms with E-state index in [2.05, 4.69) is 41.1 Å². The number of rotatable bonds is 1. The lowest BCUT2D eigenvalue weighted by Gasteiger charge is -2.25. The van der Waals surface area contributed by atoms with Crippen molar-refractivity contribution in [2.24, 2.45) is 5.92 Å². The highest BCUT2D eigenvalue weighted by Crippen LogP contribution is 2.47. The van der Waals surface area contributed by atoms with Crippen LogP contribution in [-0.2, 0) is 6.42 Å². The summed E-state index contributed by atoms with van der Waals surface area (Å²) in [5, 5.41) is 0. The Morgan fingerprint density at radius 1 is 1.29 bits per heavy atom. The van der Waals surface area contributed by atoms with Gasteiger partial charge in [0, 0.05) is 4.83 Å². The van der Waals surface area contributed by atoms with Gasteiger partial charge in [-0.05, 0) is 48.6 Å². The first kappa shape index (κ1) is 11.6. The highest BCUT2D eigenvalue weighted by atomic mass is 79.9. The van der Waals surface area contributed by atoms with Gasteiger partial charge in [0.25, 0.3) is 0 Å². The van der Waals surface area contributed by atoms with Gasteiger partial charge in [-0.25, -0.2) is 0 Å². The molecule has 2 aliphatic rings. The van der Waals surface area contributed by atoms with E-state index in [1.165, 1.54) is 36.1 Å². The number of hydrogen-bond acceptors (Lipinski definition) is 1. The first-order valence-electron chi connectivity index (χ1n) is 6.66. The lowest BCUT2D eigenvalue weighted by molar-refractivity contribution is 0.281. The molecular formula is C15H19BrO. The summed E-state index contributed by atoms with van der Waals surface area (Å²) in [6.45, 7) is 3.25. The zero-order valence-electron chi connectivity index (χ0n) is 10.3. The SMILES string of the molecule is CC1C(Br)CCC1c1cccc2c1OCCC2. The van der Waals surface area contributed by atoms with Gasteiger partial charge in [-0.1, -0.05) is 41.1 Å². The van der Waals surface area contributed by atoms with Crippen LogP contribution < -0.4 is 4.74 Å². The Morgan fingerprint density at radius 3 is 2.94 bits per heavy atom. The van der Waals surface area contributed by atoms with Crippen LogP contribution in [0.5, 0.6) is 5.75 Å². The summed E-state index contributed by atoms with van der Waals surface area (Å²) < 4.78 is 5.94. The summed E-state index contributed by atoms with van der Waals surface area (Å²) in [6.07, 6.45) is 4.92. The predicted octanol–water partition coefficient (Wildman–Crippen LogP) is 4.29. The molecule has 3 rings (SSSR count). The van der Waals surface area contributed by atoms with E-state index in [0.717, 1.165) is 13.0 Å². The quantitative estimate of drug-likeness (QED) is 0.702. The molecule has 1 aliphatic carbocycles. The summed E-state index contributed by atoms with van der Waals surface area (Å²) >= 11 is 3.80. The number of halogens is 1. The number of aryl methyl sites for hydroxylation is 1. The van der Waals surface area contributed by atoms with Crippen LogP contribution >= 0.6 is 15.9 Å². The summed E-state index contributed by atoms with van der Waals surface area (Å²) in [5.41, 5.74) is 2.87. The molecule has 0 aromatic heterocycles. The van der Waals surface area contributed by atoms with E-state index in [1.807, 2.05) is 0 Å². The van der Waals surface area contributed by atoms with Gasteiger partial charge < -0.3 is 4.74 Å². The maximum absolute atomic E-state index is 5.94. The van der Waals surface area contributed by atoms with E-state index in [9.17, 15) is 0 Å². The minimum Gasteiger partial charge on any atom is -0.493 e. The molecule has 1 heterocycles. The zero-order chi connectivity index (χ0) is 11.8. The van der Waals surface area contributed by atoms with Crippen LogP contribution in [0.1, 0.15) is 43.2 Å². The van der Waals surface area contributed by atoms with Crippen molar-refractivity contribution in [3.8, 4) is 5.75 Å². The number of fused-ring (bicyclic) bond motifs is 1. The number of para-hydroxylation sites is 1. The molecule has 0 N–H and O–H groups in total. The van der Waals surface area contributed by atoms with Crippen molar-refractivity contribution in [3.05, 3.63) is 29.3 Å². The second kappa shape index (κ2) is 4.64. The largest absolute Gasteiger partial charge is 0.493 e. The summed E-state index contributed by atoms with van der Waals surface area (Å²) in [4.78, 5) is 0.673. The molecule has 92 valence electrons. The number of alkyl halides is 1. The molecule has 17 heavy (non-hydrogen) atoms. The van der Waals surface area contributed by atoms with Gasteiger partial charge in [0.15, 0.2) is 0 Å². The second-order valence-corrected chi connectivity index (χ2v) is 6.52. The highest BCUT2D eigenvalue weighted by Gasteiger charge is 2.34. The Labute approximate surface area is 112 Å². The van der Waals surface area contributed by atoms with E-state index in [1.54, 1.807) is 0 Å². The fourth-order valence-electron chi connectivity index (χ4n) is 3.26. The molecule has 3 unspecified atom stereocenters. The Balaban J connectivity index is 1.98. The number of benzene rings is 1. The van der Waals surface area contributed by atoms with E-state index < -0.39 is 0 Å². The molecule has 1 aromatic rings. The topological polar surface area (TPSA) is 9.23 Å². The van der Waals surface area contributed by atoms with Gasteiger partial charge in [-0.15, -0.1) is 0 Å². The molecular weight excluding hydrogens is 276 g/mol. The molecule has 1 fully saturated rings. The summed E-state index contributed by atoms with van der Waals surface area (Å²) in [5.74, 6) is 2.59. The molecule has 1 aromatic carbocycles. The van der Waals surface area contributed by atoms with Gasteiger partial charge in [-0.2, -0.15) is 0 Å².